The van der Waals surface area contributed by atoms with Crippen molar-refractivity contribution in [2.45, 2.75) is 51.6 Å². The first-order valence-corrected chi connectivity index (χ1v) is 6.28. The van der Waals surface area contributed by atoms with Crippen LogP contribution >= 0.6 is 0 Å². The molecule has 1 fully saturated rings. The Morgan fingerprint density at radius 1 is 1.18 bits per heavy atom. The SMILES string of the molecule is C=CC(=O)NC1CCCCC1NC(=O)C(C)C. The van der Waals surface area contributed by atoms with Crippen LogP contribution in [-0.4, -0.2) is 23.9 Å². The topological polar surface area (TPSA) is 58.2 Å². The summed E-state index contributed by atoms with van der Waals surface area (Å²) in [5.41, 5.74) is 0. The largest absolute Gasteiger partial charge is 0.351 e. The molecule has 0 heterocycles. The van der Waals surface area contributed by atoms with Gasteiger partial charge < -0.3 is 10.6 Å². The highest BCUT2D eigenvalue weighted by Crippen LogP contribution is 2.19. The highest BCUT2D eigenvalue weighted by atomic mass is 16.2. The summed E-state index contributed by atoms with van der Waals surface area (Å²) in [7, 11) is 0. The quantitative estimate of drug-likeness (QED) is 0.727. The number of carbonyl (C=O) groups is 2. The normalized spacial score (nSPS) is 24.2. The Labute approximate surface area is 103 Å². The molecule has 4 heteroatoms. The maximum absolute atomic E-state index is 11.7. The van der Waals surface area contributed by atoms with Crippen molar-refractivity contribution in [1.29, 1.82) is 0 Å². The van der Waals surface area contributed by atoms with Crippen molar-refractivity contribution < 1.29 is 9.59 Å². The third-order valence-electron chi connectivity index (χ3n) is 3.13. The molecule has 1 aliphatic carbocycles. The molecule has 0 aromatic heterocycles. The zero-order chi connectivity index (χ0) is 12.8. The van der Waals surface area contributed by atoms with Gasteiger partial charge in [-0.1, -0.05) is 33.3 Å². The molecule has 1 aliphatic rings. The van der Waals surface area contributed by atoms with Gasteiger partial charge in [0.1, 0.15) is 0 Å². The summed E-state index contributed by atoms with van der Waals surface area (Å²) >= 11 is 0. The Morgan fingerprint density at radius 2 is 1.71 bits per heavy atom. The van der Waals surface area contributed by atoms with Crippen LogP contribution in [0.1, 0.15) is 39.5 Å². The maximum atomic E-state index is 11.7. The molecule has 0 aliphatic heterocycles. The molecule has 2 N–H and O–H groups in total. The van der Waals surface area contributed by atoms with Crippen molar-refractivity contribution >= 4 is 11.8 Å². The zero-order valence-corrected chi connectivity index (χ0v) is 10.7. The number of carbonyl (C=O) groups excluding carboxylic acids is 2. The number of hydrogen-bond donors (Lipinski definition) is 2. The van der Waals surface area contributed by atoms with Gasteiger partial charge in [0, 0.05) is 18.0 Å². The van der Waals surface area contributed by atoms with Crippen LogP contribution in [0.2, 0.25) is 0 Å². The first-order valence-electron chi connectivity index (χ1n) is 6.28. The summed E-state index contributed by atoms with van der Waals surface area (Å²) in [4.78, 5) is 23.0. The lowest BCUT2D eigenvalue weighted by Crippen LogP contribution is -2.53. The second-order valence-electron chi connectivity index (χ2n) is 4.87. The minimum Gasteiger partial charge on any atom is -0.351 e. The lowest BCUT2D eigenvalue weighted by atomic mass is 9.90. The first-order chi connectivity index (χ1) is 8.04. The van der Waals surface area contributed by atoms with Crippen molar-refractivity contribution in [2.75, 3.05) is 0 Å². The highest BCUT2D eigenvalue weighted by molar-refractivity contribution is 5.87. The van der Waals surface area contributed by atoms with E-state index >= 15 is 0 Å². The van der Waals surface area contributed by atoms with Gasteiger partial charge in [-0.05, 0) is 18.9 Å². The van der Waals surface area contributed by atoms with Crippen LogP contribution in [0.25, 0.3) is 0 Å². The van der Waals surface area contributed by atoms with Gasteiger partial charge in [-0.2, -0.15) is 0 Å². The number of amides is 2. The minimum absolute atomic E-state index is 0.0207. The van der Waals surface area contributed by atoms with Crippen LogP contribution in [0, 0.1) is 5.92 Å². The molecule has 0 aromatic carbocycles. The predicted octanol–water partition coefficient (Wildman–Crippen LogP) is 1.37. The summed E-state index contributed by atoms with van der Waals surface area (Å²) in [6.45, 7) is 7.18. The van der Waals surface area contributed by atoms with Crippen molar-refractivity contribution in [3.8, 4) is 0 Å². The molecular weight excluding hydrogens is 216 g/mol. The minimum atomic E-state index is -0.166. The van der Waals surface area contributed by atoms with Gasteiger partial charge in [-0.15, -0.1) is 0 Å². The average molecular weight is 238 g/mol. The van der Waals surface area contributed by atoms with Gasteiger partial charge in [0.05, 0.1) is 0 Å². The molecule has 1 saturated carbocycles. The number of nitrogens with one attached hydrogen (secondary N) is 2. The lowest BCUT2D eigenvalue weighted by Gasteiger charge is -2.33. The molecule has 4 nitrogen and oxygen atoms in total. The fourth-order valence-electron chi connectivity index (χ4n) is 2.07. The highest BCUT2D eigenvalue weighted by Gasteiger charge is 2.27. The van der Waals surface area contributed by atoms with E-state index in [1.807, 2.05) is 13.8 Å². The lowest BCUT2D eigenvalue weighted by molar-refractivity contribution is -0.126. The van der Waals surface area contributed by atoms with E-state index < -0.39 is 0 Å². The molecular formula is C13H22N2O2. The van der Waals surface area contributed by atoms with Gasteiger partial charge in [0.25, 0.3) is 0 Å². The van der Waals surface area contributed by atoms with E-state index in [9.17, 15) is 9.59 Å². The molecule has 1 rings (SSSR count). The molecule has 2 atom stereocenters. The van der Waals surface area contributed by atoms with Crippen LogP contribution < -0.4 is 10.6 Å². The molecule has 0 spiro atoms. The van der Waals surface area contributed by atoms with Crippen molar-refractivity contribution in [2.24, 2.45) is 5.92 Å². The van der Waals surface area contributed by atoms with Crippen LogP contribution in [0.5, 0.6) is 0 Å². The second-order valence-corrected chi connectivity index (χ2v) is 4.87. The fraction of sp³-hybridized carbons (Fsp3) is 0.692. The van der Waals surface area contributed by atoms with Gasteiger partial charge in [0.15, 0.2) is 0 Å². The van der Waals surface area contributed by atoms with E-state index in [4.69, 9.17) is 0 Å². The number of hydrogen-bond acceptors (Lipinski definition) is 2. The predicted molar refractivity (Wildman–Crippen MR) is 67.4 cm³/mol. The number of rotatable bonds is 4. The van der Waals surface area contributed by atoms with Gasteiger partial charge in [-0.3, -0.25) is 9.59 Å². The summed E-state index contributed by atoms with van der Waals surface area (Å²) in [5.74, 6) is -0.136. The van der Waals surface area contributed by atoms with Crippen molar-refractivity contribution in [3.63, 3.8) is 0 Å². The van der Waals surface area contributed by atoms with Crippen molar-refractivity contribution in [1.82, 2.24) is 10.6 Å². The second kappa shape index (κ2) is 6.42. The Morgan fingerprint density at radius 3 is 2.18 bits per heavy atom. The van der Waals surface area contributed by atoms with Crippen LogP contribution in [0.4, 0.5) is 0 Å². The summed E-state index contributed by atoms with van der Waals surface area (Å²) in [6.07, 6.45) is 5.32. The van der Waals surface area contributed by atoms with E-state index in [0.717, 1.165) is 25.7 Å². The van der Waals surface area contributed by atoms with E-state index in [-0.39, 0.29) is 29.8 Å². The third-order valence-corrected chi connectivity index (χ3v) is 3.13. The van der Waals surface area contributed by atoms with Gasteiger partial charge >= 0.3 is 0 Å². The molecule has 96 valence electrons. The fourth-order valence-corrected chi connectivity index (χ4v) is 2.07. The Kier molecular flexibility index (Phi) is 5.19. The monoisotopic (exact) mass is 238 g/mol. The molecule has 2 amide bonds. The van der Waals surface area contributed by atoms with E-state index in [1.54, 1.807) is 0 Å². The first kappa shape index (κ1) is 13.7. The summed E-state index contributed by atoms with van der Waals surface area (Å²) < 4.78 is 0. The van der Waals surface area contributed by atoms with Gasteiger partial charge in [-0.25, -0.2) is 0 Å². The van der Waals surface area contributed by atoms with Crippen molar-refractivity contribution in [3.05, 3.63) is 12.7 Å². The van der Waals surface area contributed by atoms with E-state index in [0.29, 0.717) is 0 Å². The average Bonchev–Trinajstić information content (AvgIpc) is 2.31. The Hall–Kier alpha value is -1.32. The Balaban J connectivity index is 2.56. The zero-order valence-electron chi connectivity index (χ0n) is 10.7. The molecule has 2 unspecified atom stereocenters. The van der Waals surface area contributed by atoms with Gasteiger partial charge in [0.2, 0.25) is 11.8 Å². The molecule has 17 heavy (non-hydrogen) atoms. The van der Waals surface area contributed by atoms with Crippen LogP contribution in [-0.2, 0) is 9.59 Å². The standard InChI is InChI=1S/C13H22N2O2/c1-4-12(16)14-10-7-5-6-8-11(10)15-13(17)9(2)3/h4,9-11H,1,5-8H2,2-3H3,(H,14,16)(H,15,17). The molecule has 0 saturated heterocycles. The van der Waals surface area contributed by atoms with Crippen LogP contribution in [0.3, 0.4) is 0 Å². The maximum Gasteiger partial charge on any atom is 0.243 e. The smallest absolute Gasteiger partial charge is 0.243 e. The summed E-state index contributed by atoms with van der Waals surface area (Å²) in [5, 5.41) is 5.90. The van der Waals surface area contributed by atoms with E-state index in [2.05, 4.69) is 17.2 Å². The third kappa shape index (κ3) is 4.21. The van der Waals surface area contributed by atoms with Crippen LogP contribution in [0.15, 0.2) is 12.7 Å². The molecule has 0 radical (unpaired) electrons. The Bertz CT molecular complexity index is 300. The van der Waals surface area contributed by atoms with E-state index in [1.165, 1.54) is 6.08 Å². The molecule has 0 bridgehead atoms. The molecule has 0 aromatic rings. The summed E-state index contributed by atoms with van der Waals surface area (Å²) in [6, 6.07) is 0.0968.